The topological polar surface area (TPSA) is 63.7 Å². The van der Waals surface area contributed by atoms with Crippen LogP contribution in [0, 0.1) is 11.3 Å². The van der Waals surface area contributed by atoms with Gasteiger partial charge in [0, 0.05) is 17.5 Å². The van der Waals surface area contributed by atoms with Gasteiger partial charge < -0.3 is 4.74 Å². The molecule has 1 atom stereocenters. The van der Waals surface area contributed by atoms with Gasteiger partial charge in [0.05, 0.1) is 13.2 Å². The minimum atomic E-state index is 0.173. The summed E-state index contributed by atoms with van der Waals surface area (Å²) < 4.78 is 7.97. The molecule has 0 aliphatic rings. The first-order valence-corrected chi connectivity index (χ1v) is 6.56. The molecule has 0 spiro atoms. The van der Waals surface area contributed by atoms with Crippen LogP contribution in [-0.2, 0) is 11.3 Å². The maximum Gasteiger partial charge on any atom is 0.252 e. The number of nitriles is 1. The summed E-state index contributed by atoms with van der Waals surface area (Å²) >= 11 is 3.42. The van der Waals surface area contributed by atoms with Crippen molar-refractivity contribution in [2.75, 3.05) is 13.7 Å². The van der Waals surface area contributed by atoms with Gasteiger partial charge in [-0.1, -0.05) is 28.1 Å². The van der Waals surface area contributed by atoms with E-state index in [-0.39, 0.29) is 11.7 Å². The van der Waals surface area contributed by atoms with Crippen molar-refractivity contribution in [3.8, 4) is 6.07 Å². The van der Waals surface area contributed by atoms with Crippen molar-refractivity contribution in [1.82, 2.24) is 14.8 Å². The van der Waals surface area contributed by atoms with Crippen LogP contribution in [-0.4, -0.2) is 28.5 Å². The van der Waals surface area contributed by atoms with E-state index >= 15 is 0 Å². The van der Waals surface area contributed by atoms with Crippen LogP contribution in [0.1, 0.15) is 17.3 Å². The molecule has 0 amide bonds. The second-order valence-corrected chi connectivity index (χ2v) is 5.02. The molecule has 2 aromatic rings. The molecule has 1 unspecified atom stereocenters. The second kappa shape index (κ2) is 6.45. The van der Waals surface area contributed by atoms with Crippen molar-refractivity contribution in [3.05, 3.63) is 46.5 Å². The maximum absolute atomic E-state index is 8.72. The molecule has 1 aromatic heterocycles. The van der Waals surface area contributed by atoms with Crippen LogP contribution in [0.5, 0.6) is 0 Å². The molecule has 98 valence electrons. The number of hydrogen-bond acceptors (Lipinski definition) is 4. The molecule has 0 aliphatic heterocycles. The molecule has 0 N–H and O–H groups in total. The van der Waals surface area contributed by atoms with Crippen molar-refractivity contribution in [2.45, 2.75) is 12.5 Å². The first-order valence-electron chi connectivity index (χ1n) is 5.77. The first kappa shape index (κ1) is 13.7. The lowest BCUT2D eigenvalue weighted by Gasteiger charge is -2.16. The molecule has 1 aromatic carbocycles. The summed E-state index contributed by atoms with van der Waals surface area (Å²) in [5, 5.41) is 12.8. The van der Waals surface area contributed by atoms with E-state index in [4.69, 9.17) is 10.00 Å². The zero-order chi connectivity index (χ0) is 13.7. The molecular weight excluding hydrogens is 308 g/mol. The number of ether oxygens (including phenoxy) is 1. The number of hydrogen-bond donors (Lipinski definition) is 0. The molecule has 0 saturated carbocycles. The lowest BCUT2D eigenvalue weighted by atomic mass is 10.0. The molecule has 0 fully saturated rings. The van der Waals surface area contributed by atoms with Gasteiger partial charge in [-0.25, -0.2) is 4.98 Å². The van der Waals surface area contributed by atoms with Crippen molar-refractivity contribution in [1.29, 1.82) is 5.26 Å². The molecule has 1 heterocycles. The number of aromatic nitrogens is 3. The van der Waals surface area contributed by atoms with Crippen LogP contribution in [0.4, 0.5) is 0 Å². The predicted molar refractivity (Wildman–Crippen MR) is 73.5 cm³/mol. The van der Waals surface area contributed by atoms with Crippen molar-refractivity contribution in [3.63, 3.8) is 0 Å². The summed E-state index contributed by atoms with van der Waals surface area (Å²) in [6.07, 6.45) is 1.57. The highest BCUT2D eigenvalue weighted by molar-refractivity contribution is 9.10. The highest BCUT2D eigenvalue weighted by atomic mass is 79.9. The van der Waals surface area contributed by atoms with Gasteiger partial charge in [0.2, 0.25) is 0 Å². The minimum absolute atomic E-state index is 0.173. The molecule has 0 aliphatic carbocycles. The van der Waals surface area contributed by atoms with Gasteiger partial charge in [0.15, 0.2) is 0 Å². The Morgan fingerprint density at radius 1 is 1.42 bits per heavy atom. The smallest absolute Gasteiger partial charge is 0.252 e. The van der Waals surface area contributed by atoms with Crippen molar-refractivity contribution < 1.29 is 4.74 Å². The fraction of sp³-hybridized carbons (Fsp3) is 0.308. The van der Waals surface area contributed by atoms with Gasteiger partial charge in [-0.05, 0) is 17.7 Å². The molecule has 6 heteroatoms. The third-order valence-electron chi connectivity index (χ3n) is 2.75. The molecule has 0 bridgehead atoms. The monoisotopic (exact) mass is 320 g/mol. The number of halogens is 1. The Balaban J connectivity index is 2.16. The van der Waals surface area contributed by atoms with E-state index in [1.165, 1.54) is 5.56 Å². The van der Waals surface area contributed by atoms with E-state index in [0.717, 1.165) is 4.47 Å². The molecule has 19 heavy (non-hydrogen) atoms. The van der Waals surface area contributed by atoms with Crippen molar-refractivity contribution in [2.24, 2.45) is 0 Å². The van der Waals surface area contributed by atoms with E-state index in [1.807, 2.05) is 18.2 Å². The summed E-state index contributed by atoms with van der Waals surface area (Å²) in [6, 6.07) is 10.0. The van der Waals surface area contributed by atoms with Crippen LogP contribution in [0.2, 0.25) is 0 Å². The van der Waals surface area contributed by atoms with Crippen molar-refractivity contribution >= 4 is 15.9 Å². The lowest BCUT2D eigenvalue weighted by Crippen LogP contribution is -2.14. The Kier molecular flexibility index (Phi) is 4.66. The molecule has 0 saturated heterocycles. The largest absolute Gasteiger partial charge is 0.384 e. The normalized spacial score (nSPS) is 12.1. The van der Waals surface area contributed by atoms with Crippen LogP contribution in [0.3, 0.4) is 0 Å². The molecule has 0 radical (unpaired) electrons. The first-order chi connectivity index (χ1) is 9.22. The lowest BCUT2D eigenvalue weighted by molar-refractivity contribution is 0.170. The van der Waals surface area contributed by atoms with Gasteiger partial charge in [-0.2, -0.15) is 5.26 Å². The van der Waals surface area contributed by atoms with Crippen LogP contribution >= 0.6 is 15.9 Å². The quantitative estimate of drug-likeness (QED) is 0.848. The maximum atomic E-state index is 8.72. The fourth-order valence-electron chi connectivity index (χ4n) is 1.85. The summed E-state index contributed by atoms with van der Waals surface area (Å²) in [7, 11) is 1.67. The predicted octanol–water partition coefficient (Wildman–Crippen LogP) is 2.34. The van der Waals surface area contributed by atoms with Gasteiger partial charge in [0.1, 0.15) is 12.4 Å². The third-order valence-corrected chi connectivity index (χ3v) is 3.28. The Morgan fingerprint density at radius 2 is 2.16 bits per heavy atom. The third kappa shape index (κ3) is 3.63. The fourth-order valence-corrected chi connectivity index (χ4v) is 2.11. The number of benzene rings is 1. The average Bonchev–Trinajstić information content (AvgIpc) is 2.87. The summed E-state index contributed by atoms with van der Waals surface area (Å²) in [5.74, 6) is 0.360. The van der Waals surface area contributed by atoms with Crippen LogP contribution < -0.4 is 0 Å². The van der Waals surface area contributed by atoms with E-state index in [9.17, 15) is 0 Å². The van der Waals surface area contributed by atoms with E-state index in [2.05, 4.69) is 38.1 Å². The van der Waals surface area contributed by atoms with Crippen LogP contribution in [0.15, 0.2) is 35.1 Å². The highest BCUT2D eigenvalue weighted by Crippen LogP contribution is 2.20. The van der Waals surface area contributed by atoms with Gasteiger partial charge in [0.25, 0.3) is 5.82 Å². The standard InChI is InChI=1S/C13H13BrN4O/c1-19-8-11(10-2-4-12(14)5-3-10)7-18-9-16-13(6-15)17-18/h2-5,9,11H,7-8H2,1H3. The van der Waals surface area contributed by atoms with E-state index in [1.54, 1.807) is 18.1 Å². The Morgan fingerprint density at radius 3 is 2.74 bits per heavy atom. The zero-order valence-corrected chi connectivity index (χ0v) is 12.0. The Hall–Kier alpha value is -1.71. The summed E-state index contributed by atoms with van der Waals surface area (Å²) in [5.41, 5.74) is 1.17. The van der Waals surface area contributed by atoms with E-state index < -0.39 is 0 Å². The minimum Gasteiger partial charge on any atom is -0.384 e. The SMILES string of the molecule is COCC(Cn1cnc(C#N)n1)c1ccc(Br)cc1. The van der Waals surface area contributed by atoms with Gasteiger partial charge in [-0.15, -0.1) is 5.10 Å². The second-order valence-electron chi connectivity index (χ2n) is 4.11. The number of nitrogens with zero attached hydrogens (tertiary/aromatic N) is 4. The van der Waals surface area contributed by atoms with Crippen LogP contribution in [0.25, 0.3) is 0 Å². The summed E-state index contributed by atoms with van der Waals surface area (Å²) in [4.78, 5) is 3.90. The van der Waals surface area contributed by atoms with Gasteiger partial charge >= 0.3 is 0 Å². The van der Waals surface area contributed by atoms with E-state index in [0.29, 0.717) is 13.2 Å². The highest BCUT2D eigenvalue weighted by Gasteiger charge is 2.13. The summed E-state index contributed by atoms with van der Waals surface area (Å²) in [6.45, 7) is 1.22. The number of rotatable bonds is 5. The Labute approximate surface area is 120 Å². The molecular formula is C13H13BrN4O. The zero-order valence-electron chi connectivity index (χ0n) is 10.5. The number of methoxy groups -OCH3 is 1. The average molecular weight is 321 g/mol. The molecule has 2 rings (SSSR count). The molecule has 5 nitrogen and oxygen atoms in total. The Bertz CT molecular complexity index is 573. The van der Waals surface area contributed by atoms with Gasteiger partial charge in [-0.3, -0.25) is 4.68 Å².